The number of rotatable bonds is 10. The van der Waals surface area contributed by atoms with Crippen LogP contribution in [0.15, 0.2) is 54.6 Å². The first-order valence-electron chi connectivity index (χ1n) is 13.2. The molecule has 0 unspecified atom stereocenters. The van der Waals surface area contributed by atoms with E-state index in [0.717, 1.165) is 16.0 Å². The summed E-state index contributed by atoms with van der Waals surface area (Å²) in [5, 5.41) is 21.1. The number of benzene rings is 2. The molecule has 0 bridgehead atoms. The van der Waals surface area contributed by atoms with E-state index in [4.69, 9.17) is 11.5 Å². The zero-order chi connectivity index (χ0) is 30.0. The second-order valence-electron chi connectivity index (χ2n) is 10.4. The highest BCUT2D eigenvalue weighted by molar-refractivity contribution is 6.02. The molecule has 4 rings (SSSR count). The summed E-state index contributed by atoms with van der Waals surface area (Å²) in [6.07, 6.45) is -0.430. The Morgan fingerprint density at radius 3 is 2.20 bits per heavy atom. The lowest BCUT2D eigenvalue weighted by Gasteiger charge is -2.37. The maximum atomic E-state index is 14.1. The van der Waals surface area contributed by atoms with Gasteiger partial charge in [-0.15, -0.1) is 0 Å². The van der Waals surface area contributed by atoms with Crippen molar-refractivity contribution in [3.63, 3.8) is 0 Å². The Morgan fingerprint density at radius 1 is 0.976 bits per heavy atom. The van der Waals surface area contributed by atoms with Crippen LogP contribution in [-0.2, 0) is 32.1 Å². The lowest BCUT2D eigenvalue weighted by molar-refractivity contribution is -0.147. The Hall–Kier alpha value is -4.71. The molecule has 6 N–H and O–H groups in total. The SMILES string of the molecule is CC(C)[C@@H](C(=O)O)[C@H](N)C(=O)N([C@@H](CC(=O)O)C(N)=O)n1c2c(c3ccccc31)CCN(C(=O)c1ccccc1)C2. The number of aromatic nitrogens is 1. The Bertz CT molecular complexity index is 1500. The molecule has 0 radical (unpaired) electrons. The molecule has 3 aromatic rings. The van der Waals surface area contributed by atoms with Gasteiger partial charge in [0.2, 0.25) is 5.91 Å². The molecular formula is C29H33N5O7. The number of hydrogen-bond acceptors (Lipinski definition) is 6. The van der Waals surface area contributed by atoms with Gasteiger partial charge in [-0.05, 0) is 36.1 Å². The Labute approximate surface area is 236 Å². The van der Waals surface area contributed by atoms with Crippen LogP contribution in [0.3, 0.4) is 0 Å². The lowest BCUT2D eigenvalue weighted by atomic mass is 9.88. The molecule has 1 aromatic heterocycles. The van der Waals surface area contributed by atoms with Crippen LogP contribution in [0.1, 0.15) is 41.9 Å². The number of carbonyl (C=O) groups excluding carboxylic acids is 3. The van der Waals surface area contributed by atoms with Crippen molar-refractivity contribution in [2.75, 3.05) is 11.6 Å². The summed E-state index contributed by atoms with van der Waals surface area (Å²) < 4.78 is 1.40. The molecule has 2 aromatic carbocycles. The minimum absolute atomic E-state index is 0.0296. The van der Waals surface area contributed by atoms with E-state index >= 15 is 0 Å². The van der Waals surface area contributed by atoms with E-state index in [0.29, 0.717) is 29.7 Å². The number of amides is 3. The molecule has 3 atom stereocenters. The minimum atomic E-state index is -1.70. The van der Waals surface area contributed by atoms with Crippen molar-refractivity contribution in [2.45, 2.75) is 45.3 Å². The smallest absolute Gasteiger partial charge is 0.308 e. The number of carboxylic acid groups (broad SMARTS) is 2. The van der Waals surface area contributed by atoms with Crippen LogP contribution in [0.25, 0.3) is 10.9 Å². The van der Waals surface area contributed by atoms with Crippen molar-refractivity contribution in [1.82, 2.24) is 9.58 Å². The Balaban J connectivity index is 1.92. The number of fused-ring (bicyclic) bond motifs is 3. The average Bonchev–Trinajstić information content (AvgIpc) is 3.25. The molecular weight excluding hydrogens is 530 g/mol. The molecule has 1 aliphatic heterocycles. The van der Waals surface area contributed by atoms with Crippen LogP contribution >= 0.6 is 0 Å². The normalized spacial score (nSPS) is 15.2. The van der Waals surface area contributed by atoms with Crippen LogP contribution in [0.2, 0.25) is 0 Å². The van der Waals surface area contributed by atoms with Crippen LogP contribution in [0.4, 0.5) is 0 Å². The van der Waals surface area contributed by atoms with Gasteiger partial charge in [0.05, 0.1) is 36.1 Å². The molecule has 1 aliphatic rings. The zero-order valence-electron chi connectivity index (χ0n) is 22.8. The van der Waals surface area contributed by atoms with Crippen LogP contribution in [-0.4, -0.2) is 68.1 Å². The Morgan fingerprint density at radius 2 is 1.61 bits per heavy atom. The van der Waals surface area contributed by atoms with Crippen molar-refractivity contribution in [3.8, 4) is 0 Å². The fourth-order valence-corrected chi connectivity index (χ4v) is 5.50. The van der Waals surface area contributed by atoms with Gasteiger partial charge >= 0.3 is 11.9 Å². The number of nitrogens with two attached hydrogens (primary N) is 2. The first-order valence-corrected chi connectivity index (χ1v) is 13.2. The van der Waals surface area contributed by atoms with Gasteiger partial charge in [-0.1, -0.05) is 50.2 Å². The maximum Gasteiger partial charge on any atom is 0.308 e. The fraction of sp³-hybridized carbons (Fsp3) is 0.345. The van der Waals surface area contributed by atoms with E-state index in [1.165, 1.54) is 4.68 Å². The van der Waals surface area contributed by atoms with Crippen molar-refractivity contribution >= 4 is 40.6 Å². The predicted molar refractivity (Wildman–Crippen MR) is 149 cm³/mol. The molecule has 0 saturated carbocycles. The second-order valence-corrected chi connectivity index (χ2v) is 10.4. The predicted octanol–water partition coefficient (Wildman–Crippen LogP) is 1.32. The fourth-order valence-electron chi connectivity index (χ4n) is 5.50. The van der Waals surface area contributed by atoms with Gasteiger partial charge in [-0.25, -0.2) is 5.01 Å². The summed E-state index contributed by atoms with van der Waals surface area (Å²) in [6, 6.07) is 12.4. The highest BCUT2D eigenvalue weighted by Gasteiger charge is 2.42. The number of primary amides is 1. The third-order valence-corrected chi connectivity index (χ3v) is 7.45. The van der Waals surface area contributed by atoms with E-state index in [1.54, 1.807) is 67.3 Å². The molecule has 0 saturated heterocycles. The van der Waals surface area contributed by atoms with Gasteiger partial charge in [0.15, 0.2) is 0 Å². The van der Waals surface area contributed by atoms with Gasteiger partial charge in [0.25, 0.3) is 11.8 Å². The van der Waals surface area contributed by atoms with E-state index in [1.807, 2.05) is 6.07 Å². The van der Waals surface area contributed by atoms with Crippen LogP contribution in [0.5, 0.6) is 0 Å². The van der Waals surface area contributed by atoms with Crippen molar-refractivity contribution in [3.05, 3.63) is 71.4 Å². The zero-order valence-corrected chi connectivity index (χ0v) is 22.8. The largest absolute Gasteiger partial charge is 0.481 e. The monoisotopic (exact) mass is 563 g/mol. The molecule has 0 aliphatic carbocycles. The van der Waals surface area contributed by atoms with Gasteiger partial charge in [-0.3, -0.25) is 28.6 Å². The third-order valence-electron chi connectivity index (χ3n) is 7.45. The number of carbonyl (C=O) groups is 5. The highest BCUT2D eigenvalue weighted by atomic mass is 16.4. The number of para-hydroxylation sites is 1. The lowest BCUT2D eigenvalue weighted by Crippen LogP contribution is -2.62. The summed E-state index contributed by atoms with van der Waals surface area (Å²) >= 11 is 0. The summed E-state index contributed by atoms with van der Waals surface area (Å²) in [5.41, 5.74) is 14.1. The molecule has 3 amide bonds. The summed E-state index contributed by atoms with van der Waals surface area (Å²) in [6.45, 7) is 3.60. The average molecular weight is 564 g/mol. The van der Waals surface area contributed by atoms with E-state index < -0.39 is 54.1 Å². The van der Waals surface area contributed by atoms with E-state index in [9.17, 15) is 34.2 Å². The third kappa shape index (κ3) is 5.64. The molecule has 2 heterocycles. The van der Waals surface area contributed by atoms with Gasteiger partial charge in [-0.2, -0.15) is 0 Å². The Kier molecular flexibility index (Phi) is 8.43. The standard InChI is InChI=1S/C29H33N5O7/c1-16(2)24(29(40)41)25(30)28(39)34(21(26(31)37)14-23(35)36)33-20-11-7-6-10-18(20)19-12-13-32(15-22(19)33)27(38)17-8-4-3-5-9-17/h3-11,16,21,24-25H,12-15,30H2,1-2H3,(H2,31,37)(H,35,36)(H,40,41)/t21-,24+,25-/m0/s1. The summed E-state index contributed by atoms with van der Waals surface area (Å²) in [4.78, 5) is 65.8. The molecule has 41 heavy (non-hydrogen) atoms. The number of hydrogen-bond donors (Lipinski definition) is 4. The van der Waals surface area contributed by atoms with Crippen molar-refractivity contribution in [1.29, 1.82) is 0 Å². The van der Waals surface area contributed by atoms with E-state index in [-0.39, 0.29) is 12.5 Å². The second kappa shape index (κ2) is 11.8. The first kappa shape index (κ1) is 29.3. The first-order chi connectivity index (χ1) is 19.4. The van der Waals surface area contributed by atoms with Crippen LogP contribution < -0.4 is 16.5 Å². The summed E-state index contributed by atoms with van der Waals surface area (Å²) in [5.74, 6) is -6.94. The number of aliphatic carboxylic acids is 2. The number of nitrogens with zero attached hydrogens (tertiary/aromatic N) is 3. The molecule has 12 nitrogen and oxygen atoms in total. The van der Waals surface area contributed by atoms with Crippen molar-refractivity contribution < 1.29 is 34.2 Å². The highest BCUT2D eigenvalue weighted by Crippen LogP contribution is 2.33. The molecule has 0 spiro atoms. The molecule has 12 heteroatoms. The maximum absolute atomic E-state index is 14.1. The van der Waals surface area contributed by atoms with E-state index in [2.05, 4.69) is 0 Å². The molecule has 0 fully saturated rings. The summed E-state index contributed by atoms with van der Waals surface area (Å²) in [7, 11) is 0. The van der Waals surface area contributed by atoms with Crippen molar-refractivity contribution in [2.24, 2.45) is 23.3 Å². The number of carboxylic acids is 2. The molecule has 216 valence electrons. The van der Waals surface area contributed by atoms with Gasteiger partial charge in [0.1, 0.15) is 6.04 Å². The van der Waals surface area contributed by atoms with Crippen LogP contribution in [0, 0.1) is 11.8 Å². The minimum Gasteiger partial charge on any atom is -0.481 e. The van der Waals surface area contributed by atoms with Gasteiger partial charge in [0, 0.05) is 17.5 Å². The van der Waals surface area contributed by atoms with Gasteiger partial charge < -0.3 is 26.6 Å². The topological polar surface area (TPSA) is 189 Å². The quantitative estimate of drug-likeness (QED) is 0.284.